The molecule has 1 atom stereocenters. The van der Waals surface area contributed by atoms with E-state index >= 15 is 0 Å². The Labute approximate surface area is 117 Å². The van der Waals surface area contributed by atoms with E-state index < -0.39 is 0 Å². The van der Waals surface area contributed by atoms with Crippen LogP contribution in [0.25, 0.3) is 0 Å². The minimum atomic E-state index is -0.123. The molecule has 0 radical (unpaired) electrons. The fourth-order valence-electron chi connectivity index (χ4n) is 2.52. The van der Waals surface area contributed by atoms with Gasteiger partial charge in [-0.05, 0) is 49.4 Å². The van der Waals surface area contributed by atoms with Crippen LogP contribution in [0.3, 0.4) is 0 Å². The summed E-state index contributed by atoms with van der Waals surface area (Å²) in [6.45, 7) is 3.34. The molecule has 1 unspecified atom stereocenters. The lowest BCUT2D eigenvalue weighted by Crippen LogP contribution is -2.51. The first-order valence-corrected chi connectivity index (χ1v) is 7.13. The zero-order chi connectivity index (χ0) is 13.2. The second-order valence-corrected chi connectivity index (χ2v) is 6.13. The molecule has 0 aliphatic heterocycles. The Morgan fingerprint density at radius 2 is 2.17 bits per heavy atom. The van der Waals surface area contributed by atoms with Crippen LogP contribution in [0.15, 0.2) is 22.7 Å². The van der Waals surface area contributed by atoms with E-state index in [0.717, 1.165) is 10.2 Å². The van der Waals surface area contributed by atoms with E-state index in [1.807, 2.05) is 0 Å². The van der Waals surface area contributed by atoms with Gasteiger partial charge >= 0.3 is 0 Å². The van der Waals surface area contributed by atoms with E-state index in [0.29, 0.717) is 19.1 Å². The summed E-state index contributed by atoms with van der Waals surface area (Å²) in [7, 11) is 1.74. The predicted octanol–water partition coefficient (Wildman–Crippen LogP) is 2.92. The molecule has 1 aliphatic rings. The molecule has 0 bridgehead atoms. The Morgan fingerprint density at radius 1 is 1.44 bits per heavy atom. The zero-order valence-electron chi connectivity index (χ0n) is 11.0. The van der Waals surface area contributed by atoms with Crippen molar-refractivity contribution < 1.29 is 4.74 Å². The number of hydrogen-bond acceptors (Lipinski definition) is 3. The van der Waals surface area contributed by atoms with Crippen molar-refractivity contribution in [1.29, 1.82) is 0 Å². The van der Waals surface area contributed by atoms with Crippen molar-refractivity contribution in [2.24, 2.45) is 11.7 Å². The van der Waals surface area contributed by atoms with E-state index in [-0.39, 0.29) is 5.54 Å². The number of hydrogen-bond donors (Lipinski definition) is 2. The summed E-state index contributed by atoms with van der Waals surface area (Å²) in [6.07, 6.45) is 2.47. The average molecular weight is 313 g/mol. The highest BCUT2D eigenvalue weighted by molar-refractivity contribution is 9.10. The van der Waals surface area contributed by atoms with Crippen molar-refractivity contribution in [2.75, 3.05) is 25.6 Å². The Balaban J connectivity index is 2.22. The summed E-state index contributed by atoms with van der Waals surface area (Å²) in [6, 6.07) is 6.34. The standard InChI is InChI=1S/C14H21BrN2O/c1-10-5-12(15)7-13(6-10)17-14(8-16,9-18-2)11-3-4-11/h5-7,11,17H,3-4,8-9,16H2,1-2H3. The van der Waals surface area contributed by atoms with Crippen LogP contribution in [-0.4, -0.2) is 25.8 Å². The third-order valence-electron chi connectivity index (χ3n) is 3.56. The molecule has 0 spiro atoms. The number of nitrogens with two attached hydrogens (primary N) is 1. The van der Waals surface area contributed by atoms with Gasteiger partial charge in [-0.2, -0.15) is 0 Å². The van der Waals surface area contributed by atoms with E-state index in [4.69, 9.17) is 10.5 Å². The van der Waals surface area contributed by atoms with E-state index in [2.05, 4.69) is 46.4 Å². The van der Waals surface area contributed by atoms with Crippen LogP contribution in [0, 0.1) is 12.8 Å². The highest BCUT2D eigenvalue weighted by Crippen LogP contribution is 2.41. The number of methoxy groups -OCH3 is 1. The van der Waals surface area contributed by atoms with Crippen molar-refractivity contribution in [3.63, 3.8) is 0 Å². The summed E-state index contributed by atoms with van der Waals surface area (Å²) in [4.78, 5) is 0. The van der Waals surface area contributed by atoms with Crippen molar-refractivity contribution >= 4 is 21.6 Å². The molecule has 1 saturated carbocycles. The molecular formula is C14H21BrN2O. The summed E-state index contributed by atoms with van der Waals surface area (Å²) < 4.78 is 6.47. The third kappa shape index (κ3) is 3.05. The second kappa shape index (κ2) is 5.59. The van der Waals surface area contributed by atoms with Crippen molar-refractivity contribution in [2.45, 2.75) is 25.3 Å². The maximum atomic E-state index is 6.00. The summed E-state index contributed by atoms with van der Waals surface area (Å²) in [5.74, 6) is 0.627. The van der Waals surface area contributed by atoms with Crippen LogP contribution < -0.4 is 11.1 Å². The van der Waals surface area contributed by atoms with Gasteiger partial charge in [0.1, 0.15) is 0 Å². The lowest BCUT2D eigenvalue weighted by atomic mass is 9.93. The highest BCUT2D eigenvalue weighted by Gasteiger charge is 2.44. The number of anilines is 1. The van der Waals surface area contributed by atoms with E-state index in [1.165, 1.54) is 18.4 Å². The van der Waals surface area contributed by atoms with E-state index in [9.17, 15) is 0 Å². The largest absolute Gasteiger partial charge is 0.382 e. The number of rotatable bonds is 6. The van der Waals surface area contributed by atoms with Gasteiger partial charge in [0, 0.05) is 23.8 Å². The van der Waals surface area contributed by atoms with E-state index in [1.54, 1.807) is 7.11 Å². The molecule has 18 heavy (non-hydrogen) atoms. The van der Waals surface area contributed by atoms with Crippen LogP contribution in [0.2, 0.25) is 0 Å². The third-order valence-corrected chi connectivity index (χ3v) is 4.02. The first-order chi connectivity index (χ1) is 8.59. The van der Waals surface area contributed by atoms with Gasteiger partial charge in [0.2, 0.25) is 0 Å². The topological polar surface area (TPSA) is 47.3 Å². The zero-order valence-corrected chi connectivity index (χ0v) is 12.6. The lowest BCUT2D eigenvalue weighted by molar-refractivity contribution is 0.134. The molecule has 0 heterocycles. The molecule has 1 aliphatic carbocycles. The van der Waals surface area contributed by atoms with Gasteiger partial charge in [0.25, 0.3) is 0 Å². The maximum absolute atomic E-state index is 6.00. The molecule has 1 aromatic rings. The van der Waals surface area contributed by atoms with Gasteiger partial charge in [-0.1, -0.05) is 15.9 Å². The monoisotopic (exact) mass is 312 g/mol. The predicted molar refractivity (Wildman–Crippen MR) is 78.9 cm³/mol. The highest BCUT2D eigenvalue weighted by atomic mass is 79.9. The fourth-order valence-corrected chi connectivity index (χ4v) is 3.13. The Hall–Kier alpha value is -0.580. The summed E-state index contributed by atoms with van der Waals surface area (Å²) in [5, 5.41) is 3.61. The van der Waals surface area contributed by atoms with Gasteiger partial charge in [-0.25, -0.2) is 0 Å². The molecule has 0 amide bonds. The fraction of sp³-hybridized carbons (Fsp3) is 0.571. The number of aryl methyl sites for hydroxylation is 1. The first kappa shape index (κ1) is 13.8. The molecule has 1 fully saturated rings. The van der Waals surface area contributed by atoms with Gasteiger partial charge < -0.3 is 15.8 Å². The lowest BCUT2D eigenvalue weighted by Gasteiger charge is -2.34. The van der Waals surface area contributed by atoms with Crippen LogP contribution in [0.1, 0.15) is 18.4 Å². The molecule has 3 N–H and O–H groups in total. The SMILES string of the molecule is COCC(CN)(Nc1cc(C)cc(Br)c1)C1CC1. The van der Waals surface area contributed by atoms with Crippen molar-refractivity contribution in [1.82, 2.24) is 0 Å². The maximum Gasteiger partial charge on any atom is 0.0756 e. The number of nitrogens with one attached hydrogen (secondary N) is 1. The first-order valence-electron chi connectivity index (χ1n) is 6.34. The molecule has 1 aromatic carbocycles. The molecule has 100 valence electrons. The Morgan fingerprint density at radius 3 is 2.67 bits per heavy atom. The number of ether oxygens (including phenoxy) is 1. The molecule has 4 heteroatoms. The quantitative estimate of drug-likeness (QED) is 0.849. The van der Waals surface area contributed by atoms with Crippen LogP contribution in [-0.2, 0) is 4.74 Å². The minimum Gasteiger partial charge on any atom is -0.382 e. The average Bonchev–Trinajstić information content (AvgIpc) is 3.11. The molecule has 3 nitrogen and oxygen atoms in total. The Kier molecular flexibility index (Phi) is 4.30. The van der Waals surface area contributed by atoms with Crippen molar-refractivity contribution in [3.8, 4) is 0 Å². The smallest absolute Gasteiger partial charge is 0.0756 e. The molecular weight excluding hydrogens is 292 g/mol. The molecule has 0 aromatic heterocycles. The van der Waals surface area contributed by atoms with Gasteiger partial charge in [-0.3, -0.25) is 0 Å². The second-order valence-electron chi connectivity index (χ2n) is 5.21. The number of halogens is 1. The molecule has 2 rings (SSSR count). The normalized spacial score (nSPS) is 18.4. The molecule has 0 saturated heterocycles. The summed E-state index contributed by atoms with van der Waals surface area (Å²) >= 11 is 3.53. The minimum absolute atomic E-state index is 0.123. The van der Waals surface area contributed by atoms with Gasteiger partial charge in [0.05, 0.1) is 12.1 Å². The summed E-state index contributed by atoms with van der Waals surface area (Å²) in [5.41, 5.74) is 8.22. The van der Waals surface area contributed by atoms with Gasteiger partial charge in [-0.15, -0.1) is 0 Å². The number of benzene rings is 1. The van der Waals surface area contributed by atoms with Crippen LogP contribution >= 0.6 is 15.9 Å². The van der Waals surface area contributed by atoms with Crippen LogP contribution in [0.5, 0.6) is 0 Å². The van der Waals surface area contributed by atoms with Crippen LogP contribution in [0.4, 0.5) is 5.69 Å². The van der Waals surface area contributed by atoms with Gasteiger partial charge in [0.15, 0.2) is 0 Å². The Bertz CT molecular complexity index is 400. The van der Waals surface area contributed by atoms with Crippen molar-refractivity contribution in [3.05, 3.63) is 28.2 Å².